The molecular weight excluding hydrogens is 1050 g/mol. The number of aromatic hydroxyl groups is 1. The number of aromatic nitrogens is 3. The van der Waals surface area contributed by atoms with E-state index in [2.05, 4.69) is 36.1 Å². The highest BCUT2D eigenvalue weighted by Gasteiger charge is 2.45. The molecule has 2 aliphatic rings. The minimum atomic E-state index is -0.987. The molecule has 0 aliphatic carbocycles. The minimum Gasteiger partial charge on any atom is -0.507 e. The van der Waals surface area contributed by atoms with E-state index < -0.39 is 52.8 Å². The van der Waals surface area contributed by atoms with E-state index in [1.54, 1.807) is 11.3 Å². The van der Waals surface area contributed by atoms with Gasteiger partial charge in [0.1, 0.15) is 41.6 Å². The van der Waals surface area contributed by atoms with E-state index >= 15 is 4.39 Å². The summed E-state index contributed by atoms with van der Waals surface area (Å²) in [6, 6.07) is 10.9. The maximum absolute atomic E-state index is 16.3. The first-order valence-corrected chi connectivity index (χ1v) is 27.6. The molecule has 0 spiro atoms. The molecule has 23 heteroatoms. The lowest BCUT2D eigenvalue weighted by molar-refractivity contribution is -0.144. The van der Waals surface area contributed by atoms with E-state index in [-0.39, 0.29) is 72.3 Å². The fourth-order valence-corrected chi connectivity index (χ4v) is 10.4. The highest BCUT2D eigenvalue weighted by molar-refractivity contribution is 7.13. The molecule has 2 aromatic heterocycles. The van der Waals surface area contributed by atoms with Crippen LogP contribution in [-0.2, 0) is 33.3 Å². The SMILES string of the molecule is Cc1ncsc1-c1ccc([C@H](C)NC(=O)[C@@H]2C[C@@H](O)CN2C(=O)[C@@H](NC(=O)COCCOCCOCCOCCN(C)CCCNc2nc(N3CCNCC3)c3cc(Cl)c(-c4c(O)cccc4F)c(F)c3n2)C(C)(C)C)cc1. The standard InChI is InChI=1S/C55H73ClF2N10O9S/c1-34(36-11-13-37(14-12-36)49-35(2)61-33-78-49)62-52(72)42-29-38(69)31-68(42)53(73)50(55(3,4)5)63-44(71)32-77-28-27-76-26-25-75-24-23-74-22-21-66(6)18-8-15-60-54-64-48-39(51(65-54)67-19-16-59-17-20-67)30-40(56)45(47(48)58)46-41(57)9-7-10-43(46)70/h7,9-14,30,33-34,38,42,50,59,69-70H,8,15-29,31-32H2,1-6H3,(H,62,72)(H,63,71)(H,60,64,65)/t34-,38+,42-,50+/m0/s1. The number of hydrogen-bond acceptors (Lipinski definition) is 17. The molecule has 4 atom stereocenters. The van der Waals surface area contributed by atoms with Crippen molar-refractivity contribution < 1.29 is 52.3 Å². The van der Waals surface area contributed by atoms with Crippen molar-refractivity contribution in [3.8, 4) is 27.3 Å². The number of carbonyl (C=O) groups excluding carboxylic acids is 3. The number of fused-ring (bicyclic) bond motifs is 1. The van der Waals surface area contributed by atoms with E-state index in [9.17, 15) is 29.0 Å². The van der Waals surface area contributed by atoms with E-state index in [1.165, 1.54) is 23.1 Å². The fourth-order valence-electron chi connectivity index (χ4n) is 9.29. The summed E-state index contributed by atoms with van der Waals surface area (Å²) in [7, 11) is 1.99. The van der Waals surface area contributed by atoms with Crippen LogP contribution in [0.1, 0.15) is 57.8 Å². The molecule has 0 saturated carbocycles. The van der Waals surface area contributed by atoms with Crippen molar-refractivity contribution in [1.82, 2.24) is 40.7 Å². The number of nitrogens with one attached hydrogen (secondary N) is 4. The monoisotopic (exact) mass is 1120 g/mol. The van der Waals surface area contributed by atoms with Crippen LogP contribution < -0.4 is 26.2 Å². The smallest absolute Gasteiger partial charge is 0.246 e. The largest absolute Gasteiger partial charge is 0.507 e. The van der Waals surface area contributed by atoms with E-state index in [1.807, 2.05) is 76.3 Å². The second kappa shape index (κ2) is 28.5. The van der Waals surface area contributed by atoms with Gasteiger partial charge in [-0.15, -0.1) is 11.3 Å². The van der Waals surface area contributed by atoms with Gasteiger partial charge in [-0.05, 0) is 68.6 Å². The average Bonchev–Trinajstić information content (AvgIpc) is 4.12. The number of likely N-dealkylation sites (N-methyl/N-ethyl adjacent to an activating group) is 1. The third kappa shape index (κ3) is 16.0. The first-order chi connectivity index (χ1) is 37.4. The van der Waals surface area contributed by atoms with Crippen LogP contribution in [0.3, 0.4) is 0 Å². The zero-order valence-corrected chi connectivity index (χ0v) is 46.8. The molecule has 19 nitrogen and oxygen atoms in total. The summed E-state index contributed by atoms with van der Waals surface area (Å²) in [5.41, 5.74) is 3.34. The summed E-state index contributed by atoms with van der Waals surface area (Å²) in [5.74, 6) is -2.70. The summed E-state index contributed by atoms with van der Waals surface area (Å²) >= 11 is 8.13. The second-order valence-corrected chi connectivity index (χ2v) is 21.8. The van der Waals surface area contributed by atoms with E-state index in [0.717, 1.165) is 40.7 Å². The van der Waals surface area contributed by atoms with Crippen molar-refractivity contribution in [1.29, 1.82) is 0 Å². The molecule has 2 saturated heterocycles. The zero-order chi connectivity index (χ0) is 55.9. The van der Waals surface area contributed by atoms with Crippen LogP contribution >= 0.6 is 22.9 Å². The maximum atomic E-state index is 16.3. The lowest BCUT2D eigenvalue weighted by atomic mass is 9.85. The van der Waals surface area contributed by atoms with Crippen LogP contribution in [0.5, 0.6) is 5.75 Å². The number of ether oxygens (including phenoxy) is 4. The highest BCUT2D eigenvalue weighted by atomic mass is 35.5. The predicted molar refractivity (Wildman–Crippen MR) is 297 cm³/mol. The molecule has 2 fully saturated rings. The third-order valence-electron chi connectivity index (χ3n) is 13.5. The summed E-state index contributed by atoms with van der Waals surface area (Å²) < 4.78 is 53.8. The Balaban J connectivity index is 0.744. The Bertz CT molecular complexity index is 2780. The van der Waals surface area contributed by atoms with Gasteiger partial charge >= 0.3 is 0 Å². The molecule has 0 bridgehead atoms. The van der Waals surface area contributed by atoms with E-state index in [4.69, 9.17) is 35.5 Å². The van der Waals surface area contributed by atoms with Gasteiger partial charge in [0.25, 0.3) is 0 Å². The number of aliphatic hydroxyl groups is 1. The van der Waals surface area contributed by atoms with Crippen LogP contribution in [0.25, 0.3) is 32.5 Å². The first-order valence-electron chi connectivity index (χ1n) is 26.4. The molecule has 6 N–H and O–H groups in total. The van der Waals surface area contributed by atoms with Gasteiger partial charge < -0.3 is 65.1 Å². The molecule has 78 heavy (non-hydrogen) atoms. The van der Waals surface area contributed by atoms with Crippen molar-refractivity contribution in [2.45, 2.75) is 71.7 Å². The molecule has 7 rings (SSSR count). The molecule has 5 aromatic rings. The number of phenols is 1. The quantitative estimate of drug-likeness (QED) is 0.0335. The molecule has 0 radical (unpaired) electrons. The topological polar surface area (TPSA) is 225 Å². The number of likely N-dealkylation sites (tertiary alicyclic amines) is 1. The summed E-state index contributed by atoms with van der Waals surface area (Å²) in [5, 5.41) is 33.8. The Hall–Kier alpha value is -5.69. The Kier molecular flexibility index (Phi) is 21.9. The van der Waals surface area contributed by atoms with E-state index in [0.29, 0.717) is 83.5 Å². The number of β-amino-alcohol motifs (C(OH)–C–C–N with tert-alkyl or cyclic N) is 1. The Morgan fingerprint density at radius 3 is 2.27 bits per heavy atom. The van der Waals surface area contributed by atoms with Crippen molar-refractivity contribution in [3.63, 3.8) is 0 Å². The van der Waals surface area contributed by atoms with Crippen LogP contribution in [0.4, 0.5) is 20.5 Å². The minimum absolute atomic E-state index is 0.0332. The lowest BCUT2D eigenvalue weighted by Crippen LogP contribution is -2.58. The normalized spacial score (nSPS) is 16.7. The number of aryl methyl sites for hydroxylation is 1. The van der Waals surface area contributed by atoms with Gasteiger partial charge in [0.15, 0.2) is 5.82 Å². The number of benzene rings is 3. The number of nitrogens with zero attached hydrogens (tertiary/aromatic N) is 6. The number of aliphatic hydroxyl groups excluding tert-OH is 1. The Labute approximate surface area is 463 Å². The van der Waals surface area contributed by atoms with Crippen LogP contribution in [-0.4, -0.2) is 183 Å². The lowest BCUT2D eigenvalue weighted by Gasteiger charge is -2.35. The number of carbonyl (C=O) groups is 3. The highest BCUT2D eigenvalue weighted by Crippen LogP contribution is 2.42. The Morgan fingerprint density at radius 2 is 1.62 bits per heavy atom. The molecule has 424 valence electrons. The maximum Gasteiger partial charge on any atom is 0.246 e. The van der Waals surface area contributed by atoms with Gasteiger partial charge in [-0.1, -0.05) is 62.7 Å². The van der Waals surface area contributed by atoms with Crippen molar-refractivity contribution in [2.24, 2.45) is 5.41 Å². The Morgan fingerprint density at radius 1 is 0.936 bits per heavy atom. The van der Waals surface area contributed by atoms with Gasteiger partial charge in [0.05, 0.1) is 85.1 Å². The van der Waals surface area contributed by atoms with Crippen molar-refractivity contribution in [2.75, 3.05) is 122 Å². The van der Waals surface area contributed by atoms with Gasteiger partial charge in [-0.2, -0.15) is 4.98 Å². The second-order valence-electron chi connectivity index (χ2n) is 20.5. The number of piperazine rings is 1. The molecular formula is C55H73ClF2N10O9S. The number of halogens is 3. The molecule has 2 aliphatic heterocycles. The number of hydrogen-bond donors (Lipinski definition) is 6. The number of amides is 3. The third-order valence-corrected chi connectivity index (χ3v) is 14.8. The molecule has 4 heterocycles. The van der Waals surface area contributed by atoms with Gasteiger partial charge in [-0.3, -0.25) is 14.4 Å². The van der Waals surface area contributed by atoms with Crippen molar-refractivity contribution in [3.05, 3.63) is 82.0 Å². The number of phenolic OH excluding ortho intramolecular Hbond substituents is 1. The number of rotatable bonds is 27. The first kappa shape index (κ1) is 60.0. The van der Waals surface area contributed by atoms with Crippen LogP contribution in [0.2, 0.25) is 5.02 Å². The summed E-state index contributed by atoms with van der Waals surface area (Å²) in [6.45, 7) is 15.8. The molecule has 3 amide bonds. The molecule has 0 unspecified atom stereocenters. The fraction of sp³-hybridized carbons (Fsp3) is 0.527. The number of thiazole rings is 1. The van der Waals surface area contributed by atoms with Crippen LogP contribution in [0, 0.1) is 24.0 Å². The van der Waals surface area contributed by atoms with Gasteiger partial charge in [-0.25, -0.2) is 18.7 Å². The molecule has 3 aromatic carbocycles. The van der Waals surface area contributed by atoms with Crippen LogP contribution in [0.15, 0.2) is 54.0 Å². The summed E-state index contributed by atoms with van der Waals surface area (Å²) in [6.07, 6.45) is -0.0932. The number of anilines is 2. The average molecular weight is 1120 g/mol. The summed E-state index contributed by atoms with van der Waals surface area (Å²) in [4.78, 5) is 60.9. The van der Waals surface area contributed by atoms with Gasteiger partial charge in [0, 0.05) is 63.2 Å². The van der Waals surface area contributed by atoms with Gasteiger partial charge in [0.2, 0.25) is 23.7 Å². The van der Waals surface area contributed by atoms with Crippen molar-refractivity contribution >= 4 is 63.3 Å². The predicted octanol–water partition coefficient (Wildman–Crippen LogP) is 5.95. The zero-order valence-electron chi connectivity index (χ0n) is 45.2.